The van der Waals surface area contributed by atoms with Crippen LogP contribution in [0.15, 0.2) is 22.7 Å². The maximum atomic E-state index is 11.8. The van der Waals surface area contributed by atoms with Gasteiger partial charge in [0, 0.05) is 11.6 Å². The molecule has 9 heteroatoms. The van der Waals surface area contributed by atoms with Crippen molar-refractivity contribution in [1.82, 2.24) is 5.32 Å². The molecule has 0 aliphatic rings. The molecule has 0 unspecified atom stereocenters. The number of hydrogen-bond donors (Lipinski definition) is 3. The number of aliphatic carboxylic acids is 1. The number of carbonyl (C=O) groups excluding carboxylic acids is 1. The summed E-state index contributed by atoms with van der Waals surface area (Å²) in [6.07, 6.45) is -1.30. The van der Waals surface area contributed by atoms with Gasteiger partial charge in [0.1, 0.15) is 0 Å². The normalized spacial score (nSPS) is 13.3. The van der Waals surface area contributed by atoms with Crippen LogP contribution >= 0.6 is 15.9 Å². The molecule has 0 heterocycles. The third-order valence-corrected chi connectivity index (χ3v) is 3.11. The van der Waals surface area contributed by atoms with Crippen LogP contribution in [-0.4, -0.2) is 39.2 Å². The first-order chi connectivity index (χ1) is 9.23. The lowest BCUT2D eigenvalue weighted by molar-refractivity contribution is -0.385. The lowest BCUT2D eigenvalue weighted by Gasteiger charge is -2.16. The molecule has 108 valence electrons. The first-order valence-electron chi connectivity index (χ1n) is 5.39. The fourth-order valence-electron chi connectivity index (χ4n) is 1.41. The Morgan fingerprint density at radius 1 is 1.45 bits per heavy atom. The Kier molecular flexibility index (Phi) is 5.17. The molecule has 0 saturated carbocycles. The van der Waals surface area contributed by atoms with Crippen molar-refractivity contribution in [3.05, 3.63) is 38.3 Å². The fourth-order valence-corrected chi connectivity index (χ4v) is 1.80. The minimum Gasteiger partial charge on any atom is -0.480 e. The number of nitrogens with one attached hydrogen (secondary N) is 1. The predicted octanol–water partition coefficient (Wildman–Crippen LogP) is 0.921. The van der Waals surface area contributed by atoms with Gasteiger partial charge in [-0.25, -0.2) is 4.79 Å². The topological polar surface area (TPSA) is 130 Å². The van der Waals surface area contributed by atoms with Crippen molar-refractivity contribution in [2.75, 3.05) is 0 Å². The van der Waals surface area contributed by atoms with Crippen molar-refractivity contribution in [3.63, 3.8) is 0 Å². The van der Waals surface area contributed by atoms with Crippen LogP contribution in [0.3, 0.4) is 0 Å². The number of aliphatic hydroxyl groups is 1. The van der Waals surface area contributed by atoms with E-state index in [9.17, 15) is 24.8 Å². The molecule has 1 rings (SSSR count). The molecular formula is C11H11BrN2O6. The zero-order valence-electron chi connectivity index (χ0n) is 10.2. The van der Waals surface area contributed by atoms with Gasteiger partial charge in [-0.15, -0.1) is 0 Å². The van der Waals surface area contributed by atoms with E-state index in [0.29, 0.717) is 0 Å². The van der Waals surface area contributed by atoms with Gasteiger partial charge in [-0.05, 0) is 35.0 Å². The summed E-state index contributed by atoms with van der Waals surface area (Å²) in [5.74, 6) is -2.23. The van der Waals surface area contributed by atoms with E-state index in [1.54, 1.807) is 0 Å². The van der Waals surface area contributed by atoms with Crippen molar-refractivity contribution in [2.24, 2.45) is 0 Å². The highest BCUT2D eigenvalue weighted by molar-refractivity contribution is 9.10. The molecule has 8 nitrogen and oxygen atoms in total. The highest BCUT2D eigenvalue weighted by Crippen LogP contribution is 2.25. The monoisotopic (exact) mass is 346 g/mol. The van der Waals surface area contributed by atoms with Crippen molar-refractivity contribution >= 4 is 33.5 Å². The number of nitrogens with zero attached hydrogens (tertiary/aromatic N) is 1. The number of nitro benzene ring substituents is 1. The molecule has 0 radical (unpaired) electrons. The van der Waals surface area contributed by atoms with Gasteiger partial charge in [0.05, 0.1) is 15.5 Å². The summed E-state index contributed by atoms with van der Waals surface area (Å²) in [7, 11) is 0. The molecule has 0 saturated heterocycles. The van der Waals surface area contributed by atoms with E-state index in [1.165, 1.54) is 19.1 Å². The summed E-state index contributed by atoms with van der Waals surface area (Å²) in [5.41, 5.74) is -0.395. The third-order valence-electron chi connectivity index (χ3n) is 2.44. The molecule has 1 aromatic carbocycles. The number of hydrogen-bond acceptors (Lipinski definition) is 5. The van der Waals surface area contributed by atoms with Gasteiger partial charge in [-0.1, -0.05) is 0 Å². The quantitative estimate of drug-likeness (QED) is 0.536. The first kappa shape index (κ1) is 16.1. The minimum absolute atomic E-state index is 0.0770. The molecule has 0 fully saturated rings. The first-order valence-corrected chi connectivity index (χ1v) is 6.19. The summed E-state index contributed by atoms with van der Waals surface area (Å²) >= 11 is 2.97. The van der Waals surface area contributed by atoms with Gasteiger partial charge < -0.3 is 15.5 Å². The highest BCUT2D eigenvalue weighted by Gasteiger charge is 2.26. The highest BCUT2D eigenvalue weighted by atomic mass is 79.9. The van der Waals surface area contributed by atoms with E-state index in [-0.39, 0.29) is 15.7 Å². The molecular weight excluding hydrogens is 336 g/mol. The van der Waals surface area contributed by atoms with Crippen molar-refractivity contribution in [1.29, 1.82) is 0 Å². The number of aliphatic hydroxyl groups excluding tert-OH is 1. The van der Waals surface area contributed by atoms with Gasteiger partial charge >= 0.3 is 5.97 Å². The molecule has 20 heavy (non-hydrogen) atoms. The number of benzene rings is 1. The summed E-state index contributed by atoms with van der Waals surface area (Å²) in [4.78, 5) is 32.7. The largest absolute Gasteiger partial charge is 0.480 e. The molecule has 1 aromatic rings. The second kappa shape index (κ2) is 6.44. The van der Waals surface area contributed by atoms with Crippen LogP contribution in [0.25, 0.3) is 0 Å². The van der Waals surface area contributed by atoms with Gasteiger partial charge in [-0.3, -0.25) is 14.9 Å². The Balaban J connectivity index is 3.01. The fraction of sp³-hybridized carbons (Fsp3) is 0.273. The van der Waals surface area contributed by atoms with E-state index in [4.69, 9.17) is 5.11 Å². The Morgan fingerprint density at radius 2 is 2.05 bits per heavy atom. The molecule has 3 N–H and O–H groups in total. The number of nitro groups is 1. The number of carbonyl (C=O) groups is 2. The number of halogens is 1. The Labute approximate surface area is 121 Å². The molecule has 0 aliphatic carbocycles. The summed E-state index contributed by atoms with van der Waals surface area (Å²) in [5, 5.41) is 30.9. The van der Waals surface area contributed by atoms with Crippen LogP contribution in [0.1, 0.15) is 17.3 Å². The van der Waals surface area contributed by atoms with Crippen LogP contribution in [-0.2, 0) is 4.79 Å². The van der Waals surface area contributed by atoms with Crippen LogP contribution in [0.5, 0.6) is 0 Å². The second-order valence-corrected chi connectivity index (χ2v) is 4.81. The SMILES string of the molecule is C[C@@H](O)[C@H](NC(=O)c1ccc(Br)c([N+](=O)[O-])c1)C(=O)O. The van der Waals surface area contributed by atoms with Crippen molar-refractivity contribution in [3.8, 4) is 0 Å². The van der Waals surface area contributed by atoms with Gasteiger partial charge in [0.15, 0.2) is 6.04 Å². The van der Waals surface area contributed by atoms with Gasteiger partial charge in [-0.2, -0.15) is 0 Å². The molecule has 2 atom stereocenters. The number of carboxylic acid groups (broad SMARTS) is 1. The van der Waals surface area contributed by atoms with E-state index in [2.05, 4.69) is 21.2 Å². The van der Waals surface area contributed by atoms with Gasteiger partial charge in [0.25, 0.3) is 11.6 Å². The Bertz CT molecular complexity index is 560. The number of amides is 1. The van der Waals surface area contributed by atoms with E-state index >= 15 is 0 Å². The molecule has 0 spiro atoms. The standard InChI is InChI=1S/C11H11BrN2O6/c1-5(15)9(11(17)18)13-10(16)6-2-3-7(12)8(4-6)14(19)20/h2-5,9,15H,1H3,(H,13,16)(H,17,18)/t5-,9+/m1/s1. The third kappa shape index (κ3) is 3.75. The Morgan fingerprint density at radius 3 is 2.50 bits per heavy atom. The second-order valence-electron chi connectivity index (χ2n) is 3.95. The predicted molar refractivity (Wildman–Crippen MR) is 71.4 cm³/mol. The number of carboxylic acids is 1. The zero-order chi connectivity index (χ0) is 15.4. The van der Waals surface area contributed by atoms with Crippen LogP contribution in [0, 0.1) is 10.1 Å². The zero-order valence-corrected chi connectivity index (χ0v) is 11.8. The maximum absolute atomic E-state index is 11.8. The molecule has 0 aromatic heterocycles. The summed E-state index contributed by atoms with van der Waals surface area (Å²) < 4.78 is 0.198. The molecule has 0 aliphatic heterocycles. The van der Waals surface area contributed by atoms with Crippen LogP contribution in [0.2, 0.25) is 0 Å². The average molecular weight is 347 g/mol. The van der Waals surface area contributed by atoms with E-state index < -0.39 is 28.9 Å². The maximum Gasteiger partial charge on any atom is 0.328 e. The smallest absolute Gasteiger partial charge is 0.328 e. The van der Waals surface area contributed by atoms with Crippen LogP contribution in [0.4, 0.5) is 5.69 Å². The van der Waals surface area contributed by atoms with Crippen molar-refractivity contribution in [2.45, 2.75) is 19.1 Å². The van der Waals surface area contributed by atoms with Crippen molar-refractivity contribution < 1.29 is 24.7 Å². The lowest BCUT2D eigenvalue weighted by Crippen LogP contribution is -2.47. The van der Waals surface area contributed by atoms with Crippen LogP contribution < -0.4 is 5.32 Å². The molecule has 0 bridgehead atoms. The van der Waals surface area contributed by atoms with E-state index in [0.717, 1.165) is 6.07 Å². The van der Waals surface area contributed by atoms with Gasteiger partial charge in [0.2, 0.25) is 0 Å². The number of rotatable bonds is 5. The Hall–Kier alpha value is -2.00. The summed E-state index contributed by atoms with van der Waals surface area (Å²) in [6.45, 7) is 1.21. The minimum atomic E-state index is -1.50. The summed E-state index contributed by atoms with van der Waals surface area (Å²) in [6, 6.07) is 2.13. The average Bonchev–Trinajstić information content (AvgIpc) is 2.34. The lowest BCUT2D eigenvalue weighted by atomic mass is 10.1. The van der Waals surface area contributed by atoms with E-state index in [1.807, 2.05) is 0 Å². The molecule has 1 amide bonds.